The highest BCUT2D eigenvalue weighted by molar-refractivity contribution is 5.97. The maximum absolute atomic E-state index is 12.4. The molecule has 6 nitrogen and oxygen atoms in total. The number of nitrogens with two attached hydrogens (primary N) is 1. The van der Waals surface area contributed by atoms with Crippen molar-refractivity contribution in [3.8, 4) is 5.75 Å². The molecule has 1 unspecified atom stereocenters. The number of ketones is 1. The van der Waals surface area contributed by atoms with Crippen LogP contribution >= 0.6 is 0 Å². The molecule has 0 aliphatic carbocycles. The van der Waals surface area contributed by atoms with Crippen molar-refractivity contribution in [1.29, 1.82) is 0 Å². The summed E-state index contributed by atoms with van der Waals surface area (Å²) in [5.74, 6) is 0.525. The molecule has 0 saturated heterocycles. The van der Waals surface area contributed by atoms with Crippen LogP contribution in [0.1, 0.15) is 36.7 Å². The molecular weight excluding hydrogens is 256 g/mol. The van der Waals surface area contributed by atoms with Gasteiger partial charge in [0.15, 0.2) is 11.5 Å². The molecule has 0 aliphatic rings. The molecule has 0 amide bonds. The molecule has 0 fully saturated rings. The molecule has 20 heavy (non-hydrogen) atoms. The Kier molecular flexibility index (Phi) is 6.67. The molecule has 1 rings (SSSR count). The van der Waals surface area contributed by atoms with Crippen LogP contribution in [-0.2, 0) is 6.54 Å². The minimum absolute atomic E-state index is 0.000874. The van der Waals surface area contributed by atoms with Crippen molar-refractivity contribution in [3.63, 3.8) is 0 Å². The van der Waals surface area contributed by atoms with Crippen LogP contribution < -0.4 is 10.5 Å². The fourth-order valence-corrected chi connectivity index (χ4v) is 2.07. The topological polar surface area (TPSA) is 73.4 Å². The van der Waals surface area contributed by atoms with E-state index in [0.29, 0.717) is 24.4 Å². The molecule has 1 atom stereocenters. The Morgan fingerprint density at radius 2 is 2.25 bits per heavy atom. The van der Waals surface area contributed by atoms with Crippen molar-refractivity contribution in [1.82, 2.24) is 14.7 Å². The summed E-state index contributed by atoms with van der Waals surface area (Å²) in [6.45, 7) is 3.53. The fourth-order valence-electron chi connectivity index (χ4n) is 2.07. The van der Waals surface area contributed by atoms with Gasteiger partial charge < -0.3 is 15.4 Å². The van der Waals surface area contributed by atoms with E-state index in [1.807, 2.05) is 19.0 Å². The number of nitrogens with zero attached hydrogens (tertiary/aromatic N) is 3. The molecule has 2 N–H and O–H groups in total. The lowest BCUT2D eigenvalue weighted by atomic mass is 10.0. The van der Waals surface area contributed by atoms with E-state index >= 15 is 0 Å². The standard InChI is InChI=1S/C14H26N4O2/c1-5-6-11(15)9-12(19)14-13(20-4)10-16-18(14)8-7-17(2)3/h10-11H,5-9,15H2,1-4H3. The van der Waals surface area contributed by atoms with Gasteiger partial charge in [0, 0.05) is 19.0 Å². The second-order valence-electron chi connectivity index (χ2n) is 5.26. The lowest BCUT2D eigenvalue weighted by molar-refractivity contribution is 0.0958. The van der Waals surface area contributed by atoms with Crippen molar-refractivity contribution in [2.24, 2.45) is 5.73 Å². The van der Waals surface area contributed by atoms with Crippen molar-refractivity contribution >= 4 is 5.78 Å². The number of carbonyl (C=O) groups excluding carboxylic acids is 1. The Balaban J connectivity index is 2.84. The van der Waals surface area contributed by atoms with Gasteiger partial charge in [-0.3, -0.25) is 9.48 Å². The van der Waals surface area contributed by atoms with Crippen LogP contribution in [0.3, 0.4) is 0 Å². The zero-order valence-electron chi connectivity index (χ0n) is 12.9. The average molecular weight is 282 g/mol. The van der Waals surface area contributed by atoms with E-state index in [1.54, 1.807) is 18.0 Å². The SMILES string of the molecule is CCCC(N)CC(=O)c1c(OC)cnn1CCN(C)C. The monoisotopic (exact) mass is 282 g/mol. The molecule has 0 radical (unpaired) electrons. The number of ether oxygens (including phenoxy) is 1. The summed E-state index contributed by atoms with van der Waals surface area (Å²) in [5.41, 5.74) is 6.48. The van der Waals surface area contributed by atoms with Gasteiger partial charge in [-0.25, -0.2) is 0 Å². The van der Waals surface area contributed by atoms with Gasteiger partial charge >= 0.3 is 0 Å². The number of rotatable bonds is 9. The van der Waals surface area contributed by atoms with Crippen molar-refractivity contribution < 1.29 is 9.53 Å². The third kappa shape index (κ3) is 4.61. The van der Waals surface area contributed by atoms with Crippen LogP contribution in [-0.4, -0.2) is 54.3 Å². The fraction of sp³-hybridized carbons (Fsp3) is 0.714. The zero-order valence-corrected chi connectivity index (χ0v) is 12.9. The summed E-state index contributed by atoms with van der Waals surface area (Å²) >= 11 is 0. The molecule has 6 heteroatoms. The highest BCUT2D eigenvalue weighted by atomic mass is 16.5. The van der Waals surface area contributed by atoms with Crippen molar-refractivity contribution in [2.45, 2.75) is 38.8 Å². The number of likely N-dealkylation sites (N-methyl/N-ethyl adjacent to an activating group) is 1. The summed E-state index contributed by atoms with van der Waals surface area (Å²) in [5, 5.41) is 4.24. The Hall–Kier alpha value is -1.40. The van der Waals surface area contributed by atoms with Crippen LogP contribution in [0.2, 0.25) is 0 Å². The normalized spacial score (nSPS) is 12.7. The third-order valence-electron chi connectivity index (χ3n) is 3.16. The lowest BCUT2D eigenvalue weighted by Gasteiger charge is -2.14. The van der Waals surface area contributed by atoms with E-state index in [9.17, 15) is 4.79 Å². The minimum atomic E-state index is -0.102. The summed E-state index contributed by atoms with van der Waals surface area (Å²) in [7, 11) is 5.52. The predicted octanol–water partition coefficient (Wildman–Crippen LogP) is 1.15. The van der Waals surface area contributed by atoms with Gasteiger partial charge in [0.05, 0.1) is 19.9 Å². The molecular formula is C14H26N4O2. The minimum Gasteiger partial charge on any atom is -0.493 e. The summed E-state index contributed by atoms with van der Waals surface area (Å²) in [6.07, 6.45) is 3.75. The Labute approximate surface area is 120 Å². The van der Waals surface area contributed by atoms with Crippen LogP contribution in [0, 0.1) is 0 Å². The van der Waals surface area contributed by atoms with E-state index in [2.05, 4.69) is 12.0 Å². The van der Waals surface area contributed by atoms with Crippen LogP contribution in [0.5, 0.6) is 5.75 Å². The number of hydrogen-bond acceptors (Lipinski definition) is 5. The predicted molar refractivity (Wildman–Crippen MR) is 79.2 cm³/mol. The zero-order chi connectivity index (χ0) is 15.1. The first-order valence-corrected chi connectivity index (χ1v) is 7.02. The second-order valence-corrected chi connectivity index (χ2v) is 5.26. The number of carbonyl (C=O) groups is 1. The van der Waals surface area contributed by atoms with E-state index in [-0.39, 0.29) is 11.8 Å². The van der Waals surface area contributed by atoms with Crippen LogP contribution in [0.4, 0.5) is 0 Å². The van der Waals surface area contributed by atoms with Gasteiger partial charge in [0.2, 0.25) is 0 Å². The van der Waals surface area contributed by atoms with Gasteiger partial charge in [-0.15, -0.1) is 0 Å². The molecule has 0 saturated carbocycles. The van der Waals surface area contributed by atoms with Crippen LogP contribution in [0.25, 0.3) is 0 Å². The summed E-state index contributed by atoms with van der Waals surface area (Å²) < 4.78 is 6.95. The molecule has 0 spiro atoms. The largest absolute Gasteiger partial charge is 0.493 e. The van der Waals surface area contributed by atoms with Gasteiger partial charge in [-0.1, -0.05) is 13.3 Å². The van der Waals surface area contributed by atoms with E-state index < -0.39 is 0 Å². The molecule has 0 aromatic carbocycles. The molecule has 0 aliphatic heterocycles. The molecule has 1 aromatic rings. The van der Waals surface area contributed by atoms with Crippen molar-refractivity contribution in [2.75, 3.05) is 27.7 Å². The molecule has 114 valence electrons. The number of aromatic nitrogens is 2. The highest BCUT2D eigenvalue weighted by Gasteiger charge is 2.21. The summed E-state index contributed by atoms with van der Waals surface area (Å²) in [4.78, 5) is 14.4. The second kappa shape index (κ2) is 8.01. The van der Waals surface area contributed by atoms with E-state index in [0.717, 1.165) is 19.4 Å². The number of Topliss-reactive ketones (excluding diaryl/α,β-unsaturated/α-hetero) is 1. The average Bonchev–Trinajstić information content (AvgIpc) is 2.79. The smallest absolute Gasteiger partial charge is 0.186 e. The first-order valence-electron chi connectivity index (χ1n) is 7.02. The third-order valence-corrected chi connectivity index (χ3v) is 3.16. The van der Waals surface area contributed by atoms with Gasteiger partial charge in [-0.05, 0) is 20.5 Å². The maximum Gasteiger partial charge on any atom is 0.186 e. The molecule has 1 aromatic heterocycles. The van der Waals surface area contributed by atoms with E-state index in [1.165, 1.54) is 0 Å². The van der Waals surface area contributed by atoms with Gasteiger partial charge in [-0.2, -0.15) is 5.10 Å². The highest BCUT2D eigenvalue weighted by Crippen LogP contribution is 2.20. The Bertz CT molecular complexity index is 429. The first-order chi connectivity index (χ1) is 9.49. The molecule has 1 heterocycles. The number of hydrogen-bond donors (Lipinski definition) is 1. The van der Waals surface area contributed by atoms with Crippen LogP contribution in [0.15, 0.2) is 6.20 Å². The Morgan fingerprint density at radius 3 is 2.80 bits per heavy atom. The Morgan fingerprint density at radius 1 is 1.55 bits per heavy atom. The molecule has 0 bridgehead atoms. The lowest BCUT2D eigenvalue weighted by Crippen LogP contribution is -2.26. The quantitative estimate of drug-likeness (QED) is 0.688. The first kappa shape index (κ1) is 16.7. The van der Waals surface area contributed by atoms with Gasteiger partial charge in [0.1, 0.15) is 5.69 Å². The summed E-state index contributed by atoms with van der Waals surface area (Å²) in [6, 6.07) is -0.102. The number of methoxy groups -OCH3 is 1. The van der Waals surface area contributed by atoms with Crippen molar-refractivity contribution in [3.05, 3.63) is 11.9 Å². The van der Waals surface area contributed by atoms with Gasteiger partial charge in [0.25, 0.3) is 0 Å². The maximum atomic E-state index is 12.4. The van der Waals surface area contributed by atoms with E-state index in [4.69, 9.17) is 10.5 Å².